The summed E-state index contributed by atoms with van der Waals surface area (Å²) in [5.41, 5.74) is 0. The zero-order valence-corrected chi connectivity index (χ0v) is 21.9. The van der Waals surface area contributed by atoms with E-state index in [0.29, 0.717) is 11.8 Å². The second-order valence-electron chi connectivity index (χ2n) is 9.53. The van der Waals surface area contributed by atoms with E-state index in [0.717, 1.165) is 19.3 Å². The Morgan fingerprint density at radius 3 is 1.46 bits per heavy atom. The van der Waals surface area contributed by atoms with Crippen LogP contribution in [0.25, 0.3) is 0 Å². The fourth-order valence-electron chi connectivity index (χ4n) is 5.29. The van der Waals surface area contributed by atoms with Crippen LogP contribution in [0.5, 0.6) is 0 Å². The Hall–Kier alpha value is 0.137. The summed E-state index contributed by atoms with van der Waals surface area (Å²) in [7, 11) is -2.26. The molecule has 0 aromatic rings. The fourth-order valence-corrected chi connectivity index (χ4v) is 9.80. The second kappa shape index (κ2) is 15.9. The van der Waals surface area contributed by atoms with Gasteiger partial charge in [0.25, 0.3) is 0 Å². The maximum Gasteiger partial charge on any atom is 0.344 e. The quantitative estimate of drug-likeness (QED) is 0.155. The van der Waals surface area contributed by atoms with Gasteiger partial charge in [-0.3, -0.25) is 0 Å². The first-order chi connectivity index (χ1) is 13.3. The van der Waals surface area contributed by atoms with Crippen LogP contribution in [0.4, 0.5) is 0 Å². The molecule has 1 unspecified atom stereocenters. The van der Waals surface area contributed by atoms with Crippen molar-refractivity contribution in [2.24, 2.45) is 11.8 Å². The Kier molecular flexibility index (Phi) is 16.0. The Morgan fingerprint density at radius 2 is 1.11 bits per heavy atom. The third kappa shape index (κ3) is 9.30. The number of unbranched alkanes of at least 4 members (excludes halogenated alkanes) is 9. The van der Waals surface area contributed by atoms with Gasteiger partial charge < -0.3 is 8.85 Å². The number of rotatable bonds is 19. The van der Waals surface area contributed by atoms with Crippen LogP contribution < -0.4 is 0 Å². The van der Waals surface area contributed by atoms with E-state index in [1.54, 1.807) is 0 Å². The third-order valence-corrected chi connectivity index (χ3v) is 11.6. The van der Waals surface area contributed by atoms with Gasteiger partial charge in [-0.1, -0.05) is 112 Å². The van der Waals surface area contributed by atoms with Crippen molar-refractivity contribution in [2.45, 2.75) is 137 Å². The van der Waals surface area contributed by atoms with Gasteiger partial charge in [-0.15, -0.1) is 0 Å². The lowest BCUT2D eigenvalue weighted by atomic mass is 9.83. The first-order valence-corrected chi connectivity index (χ1v) is 14.6. The standard InChI is InChI=1S/C25H54O2Si/c1-9-13-14-15-16-17-18-19-20-21-22-28(26-11-3,27-12-4)25(7,8)24(10-2)23(5)6/h23-24H,9-22H2,1-8H3. The molecule has 1 atom stereocenters. The summed E-state index contributed by atoms with van der Waals surface area (Å²) in [6.07, 6.45) is 15.0. The van der Waals surface area contributed by atoms with Crippen LogP contribution in [0.3, 0.4) is 0 Å². The predicted octanol–water partition coefficient (Wildman–Crippen LogP) is 8.88. The van der Waals surface area contributed by atoms with Gasteiger partial charge in [0.2, 0.25) is 0 Å². The van der Waals surface area contributed by atoms with Gasteiger partial charge in [0.15, 0.2) is 0 Å². The SMILES string of the molecule is CCCCCCCCCCCC[Si](OCC)(OCC)C(C)(C)C(CC)C(C)C. The number of hydrogen-bond acceptors (Lipinski definition) is 2. The Balaban J connectivity index is 4.68. The van der Waals surface area contributed by atoms with Crippen LogP contribution in [0.2, 0.25) is 11.1 Å². The molecule has 0 spiro atoms. The van der Waals surface area contributed by atoms with E-state index < -0.39 is 8.56 Å². The summed E-state index contributed by atoms with van der Waals surface area (Å²) in [5.74, 6) is 1.32. The van der Waals surface area contributed by atoms with E-state index in [1.165, 1.54) is 70.6 Å². The molecule has 0 aliphatic heterocycles. The van der Waals surface area contributed by atoms with Crippen LogP contribution in [-0.4, -0.2) is 21.8 Å². The minimum absolute atomic E-state index is 0.140. The topological polar surface area (TPSA) is 18.5 Å². The maximum absolute atomic E-state index is 6.57. The zero-order chi connectivity index (χ0) is 21.5. The molecular weight excluding hydrogens is 360 g/mol. The molecule has 170 valence electrons. The lowest BCUT2D eigenvalue weighted by molar-refractivity contribution is 0.125. The van der Waals surface area contributed by atoms with Crippen molar-refractivity contribution in [2.75, 3.05) is 13.2 Å². The van der Waals surface area contributed by atoms with Crippen molar-refractivity contribution < 1.29 is 8.85 Å². The van der Waals surface area contributed by atoms with E-state index in [-0.39, 0.29) is 5.04 Å². The minimum atomic E-state index is -2.26. The molecule has 0 rings (SSSR count). The molecule has 0 aromatic carbocycles. The zero-order valence-electron chi connectivity index (χ0n) is 20.9. The molecule has 0 aliphatic carbocycles. The average Bonchev–Trinajstić information content (AvgIpc) is 2.63. The molecule has 0 N–H and O–H groups in total. The maximum atomic E-state index is 6.57. The molecule has 0 aromatic heterocycles. The smallest absolute Gasteiger partial charge is 0.344 e. The first kappa shape index (κ1) is 28.1. The highest BCUT2D eigenvalue weighted by atomic mass is 28.4. The minimum Gasteiger partial charge on any atom is -0.394 e. The Labute approximate surface area is 179 Å². The van der Waals surface area contributed by atoms with Gasteiger partial charge in [0, 0.05) is 18.3 Å². The van der Waals surface area contributed by atoms with Crippen molar-refractivity contribution in [1.29, 1.82) is 0 Å². The summed E-state index contributed by atoms with van der Waals surface area (Å²) >= 11 is 0. The summed E-state index contributed by atoms with van der Waals surface area (Å²) in [5, 5.41) is 0.140. The molecular formula is C25H54O2Si. The normalized spacial score (nSPS) is 14.0. The summed E-state index contributed by atoms with van der Waals surface area (Å²) < 4.78 is 13.1. The lowest BCUT2D eigenvalue weighted by Crippen LogP contribution is -2.55. The first-order valence-electron chi connectivity index (χ1n) is 12.6. The molecule has 3 heteroatoms. The van der Waals surface area contributed by atoms with Crippen molar-refractivity contribution in [3.05, 3.63) is 0 Å². The highest BCUT2D eigenvalue weighted by molar-refractivity contribution is 6.70. The highest BCUT2D eigenvalue weighted by Crippen LogP contribution is 2.52. The number of hydrogen-bond donors (Lipinski definition) is 0. The fraction of sp³-hybridized carbons (Fsp3) is 1.00. The Bertz CT molecular complexity index is 348. The summed E-state index contributed by atoms with van der Waals surface area (Å²) in [6.45, 7) is 20.1. The molecule has 0 bridgehead atoms. The van der Waals surface area contributed by atoms with E-state index in [2.05, 4.69) is 55.4 Å². The summed E-state index contributed by atoms with van der Waals surface area (Å²) in [4.78, 5) is 0. The largest absolute Gasteiger partial charge is 0.394 e. The van der Waals surface area contributed by atoms with Gasteiger partial charge in [-0.2, -0.15) is 0 Å². The van der Waals surface area contributed by atoms with Gasteiger partial charge in [0.1, 0.15) is 0 Å². The predicted molar refractivity (Wildman–Crippen MR) is 128 cm³/mol. The molecule has 0 saturated carbocycles. The summed E-state index contributed by atoms with van der Waals surface area (Å²) in [6, 6.07) is 1.15. The Morgan fingerprint density at radius 1 is 0.679 bits per heavy atom. The molecule has 28 heavy (non-hydrogen) atoms. The lowest BCUT2D eigenvalue weighted by Gasteiger charge is -2.48. The van der Waals surface area contributed by atoms with E-state index >= 15 is 0 Å². The van der Waals surface area contributed by atoms with Gasteiger partial charge in [0.05, 0.1) is 0 Å². The van der Waals surface area contributed by atoms with Gasteiger partial charge in [-0.05, 0) is 31.7 Å². The molecule has 0 radical (unpaired) electrons. The van der Waals surface area contributed by atoms with Crippen molar-refractivity contribution >= 4 is 8.56 Å². The second-order valence-corrected chi connectivity index (χ2v) is 13.4. The van der Waals surface area contributed by atoms with E-state index in [4.69, 9.17) is 8.85 Å². The van der Waals surface area contributed by atoms with Crippen molar-refractivity contribution in [3.63, 3.8) is 0 Å². The van der Waals surface area contributed by atoms with Crippen LogP contribution in [0.15, 0.2) is 0 Å². The van der Waals surface area contributed by atoms with Crippen LogP contribution in [0, 0.1) is 11.8 Å². The molecule has 0 aliphatic rings. The van der Waals surface area contributed by atoms with Gasteiger partial charge in [-0.25, -0.2) is 0 Å². The molecule has 2 nitrogen and oxygen atoms in total. The van der Waals surface area contributed by atoms with Crippen LogP contribution >= 0.6 is 0 Å². The van der Waals surface area contributed by atoms with Crippen LogP contribution in [-0.2, 0) is 8.85 Å². The van der Waals surface area contributed by atoms with E-state index in [1.807, 2.05) is 0 Å². The third-order valence-electron chi connectivity index (χ3n) is 6.77. The molecule has 0 amide bonds. The van der Waals surface area contributed by atoms with Crippen molar-refractivity contribution in [3.8, 4) is 0 Å². The monoisotopic (exact) mass is 414 g/mol. The van der Waals surface area contributed by atoms with Crippen molar-refractivity contribution in [1.82, 2.24) is 0 Å². The average molecular weight is 415 g/mol. The highest BCUT2D eigenvalue weighted by Gasteiger charge is 2.55. The van der Waals surface area contributed by atoms with E-state index in [9.17, 15) is 0 Å². The van der Waals surface area contributed by atoms with Gasteiger partial charge >= 0.3 is 8.56 Å². The van der Waals surface area contributed by atoms with Crippen LogP contribution in [0.1, 0.15) is 126 Å². The molecule has 0 saturated heterocycles. The molecule has 0 heterocycles. The molecule has 0 fully saturated rings.